The third kappa shape index (κ3) is 2.52. The molecule has 120 valence electrons. The van der Waals surface area contributed by atoms with Crippen molar-refractivity contribution in [3.63, 3.8) is 0 Å². The van der Waals surface area contributed by atoms with Gasteiger partial charge < -0.3 is 10.1 Å². The molecule has 0 aliphatic carbocycles. The summed E-state index contributed by atoms with van der Waals surface area (Å²) in [6.45, 7) is 2.08. The van der Waals surface area contributed by atoms with Gasteiger partial charge in [0, 0.05) is 11.3 Å². The second-order valence-corrected chi connectivity index (χ2v) is 5.74. The van der Waals surface area contributed by atoms with Crippen molar-refractivity contribution in [2.75, 3.05) is 12.4 Å². The summed E-state index contributed by atoms with van der Waals surface area (Å²) in [4.78, 5) is 0. The van der Waals surface area contributed by atoms with Crippen LogP contribution in [0.3, 0.4) is 0 Å². The van der Waals surface area contributed by atoms with E-state index in [9.17, 15) is 0 Å². The molecule has 1 aromatic heterocycles. The molecule has 3 aromatic rings. The van der Waals surface area contributed by atoms with E-state index in [1.807, 2.05) is 24.3 Å². The monoisotopic (exact) mass is 319 g/mol. The Kier molecular flexibility index (Phi) is 3.49. The molecule has 0 radical (unpaired) electrons. The summed E-state index contributed by atoms with van der Waals surface area (Å²) in [6, 6.07) is 16.3. The summed E-state index contributed by atoms with van der Waals surface area (Å²) in [5, 5.41) is 15.3. The van der Waals surface area contributed by atoms with Crippen LogP contribution >= 0.6 is 0 Å². The SMILES string of the molecule is COc1cccc(C2=C[C@H](c3ccc(C)cc3)n3nnnc3N2)c1. The Labute approximate surface area is 139 Å². The molecule has 1 aliphatic rings. The maximum Gasteiger partial charge on any atom is 0.248 e. The Hall–Kier alpha value is -3.15. The van der Waals surface area contributed by atoms with Crippen molar-refractivity contribution in [2.45, 2.75) is 13.0 Å². The molecule has 0 bridgehead atoms. The average Bonchev–Trinajstić information content (AvgIpc) is 3.10. The molecule has 6 heteroatoms. The highest BCUT2D eigenvalue weighted by atomic mass is 16.5. The first-order valence-electron chi connectivity index (χ1n) is 7.72. The van der Waals surface area contributed by atoms with E-state index in [2.05, 4.69) is 58.1 Å². The molecule has 2 aromatic carbocycles. The molecule has 1 atom stereocenters. The van der Waals surface area contributed by atoms with Crippen molar-refractivity contribution in [1.29, 1.82) is 0 Å². The molecule has 4 rings (SSSR count). The molecule has 6 nitrogen and oxygen atoms in total. The third-order valence-electron chi connectivity index (χ3n) is 4.13. The zero-order valence-corrected chi connectivity index (χ0v) is 13.5. The van der Waals surface area contributed by atoms with Gasteiger partial charge in [-0.2, -0.15) is 4.68 Å². The van der Waals surface area contributed by atoms with Crippen LogP contribution in [0.2, 0.25) is 0 Å². The van der Waals surface area contributed by atoms with Crippen molar-refractivity contribution in [3.8, 4) is 5.75 Å². The summed E-state index contributed by atoms with van der Waals surface area (Å²) in [5.74, 6) is 1.44. The standard InChI is InChI=1S/C18H17N5O/c1-12-6-8-13(9-7-12)17-11-16(19-18-20-21-22-23(17)18)14-4-3-5-15(10-14)24-2/h3-11,17H,1-2H3,(H,19,20,22)/t17-/m1/s1. The first kappa shape index (κ1) is 14.4. The van der Waals surface area contributed by atoms with Crippen LogP contribution in [0.25, 0.3) is 5.70 Å². The number of nitrogens with zero attached hydrogens (tertiary/aromatic N) is 4. The van der Waals surface area contributed by atoms with Crippen LogP contribution in [0.4, 0.5) is 5.95 Å². The highest BCUT2D eigenvalue weighted by Gasteiger charge is 2.24. The van der Waals surface area contributed by atoms with E-state index in [0.29, 0.717) is 5.95 Å². The van der Waals surface area contributed by atoms with Gasteiger partial charge in [0.1, 0.15) is 11.8 Å². The van der Waals surface area contributed by atoms with E-state index < -0.39 is 0 Å². The number of hydrogen-bond acceptors (Lipinski definition) is 5. The Morgan fingerprint density at radius 1 is 1.12 bits per heavy atom. The van der Waals surface area contributed by atoms with Gasteiger partial charge >= 0.3 is 0 Å². The predicted octanol–water partition coefficient (Wildman–Crippen LogP) is 3.05. The largest absolute Gasteiger partial charge is 0.497 e. The summed E-state index contributed by atoms with van der Waals surface area (Å²) in [6.07, 6.45) is 2.13. The minimum Gasteiger partial charge on any atom is -0.497 e. The van der Waals surface area contributed by atoms with Crippen LogP contribution in [0.5, 0.6) is 5.75 Å². The number of benzene rings is 2. The van der Waals surface area contributed by atoms with Crippen LogP contribution in [0, 0.1) is 6.92 Å². The van der Waals surface area contributed by atoms with E-state index in [0.717, 1.165) is 22.6 Å². The lowest BCUT2D eigenvalue weighted by atomic mass is 10.0. The Morgan fingerprint density at radius 3 is 2.75 bits per heavy atom. The number of nitrogens with one attached hydrogen (secondary N) is 1. The Balaban J connectivity index is 1.79. The number of fused-ring (bicyclic) bond motifs is 1. The van der Waals surface area contributed by atoms with Crippen molar-refractivity contribution < 1.29 is 4.74 Å². The molecule has 1 N–H and O–H groups in total. The maximum absolute atomic E-state index is 5.32. The number of aromatic nitrogens is 4. The normalized spacial score (nSPS) is 16.1. The number of hydrogen-bond donors (Lipinski definition) is 1. The molecule has 24 heavy (non-hydrogen) atoms. The Bertz CT molecular complexity index is 898. The number of aryl methyl sites for hydroxylation is 1. The molecule has 2 heterocycles. The third-order valence-corrected chi connectivity index (χ3v) is 4.13. The van der Waals surface area contributed by atoms with Crippen LogP contribution in [-0.4, -0.2) is 27.3 Å². The maximum atomic E-state index is 5.32. The highest BCUT2D eigenvalue weighted by molar-refractivity contribution is 5.77. The van der Waals surface area contributed by atoms with Crippen molar-refractivity contribution in [1.82, 2.24) is 20.2 Å². The van der Waals surface area contributed by atoms with Crippen LogP contribution in [0.15, 0.2) is 54.6 Å². The Morgan fingerprint density at radius 2 is 1.96 bits per heavy atom. The van der Waals surface area contributed by atoms with Gasteiger partial charge in [-0.15, -0.1) is 0 Å². The number of rotatable bonds is 3. The molecule has 0 spiro atoms. The smallest absolute Gasteiger partial charge is 0.248 e. The fraction of sp³-hybridized carbons (Fsp3) is 0.167. The minimum absolute atomic E-state index is 0.0574. The van der Waals surface area contributed by atoms with E-state index in [4.69, 9.17) is 4.74 Å². The fourth-order valence-electron chi connectivity index (χ4n) is 2.81. The molecule has 0 saturated heterocycles. The van der Waals surface area contributed by atoms with E-state index in [1.165, 1.54) is 5.56 Å². The van der Waals surface area contributed by atoms with Crippen molar-refractivity contribution in [3.05, 3.63) is 71.3 Å². The van der Waals surface area contributed by atoms with Gasteiger partial charge in [0.05, 0.1) is 7.11 Å². The van der Waals surface area contributed by atoms with E-state index in [-0.39, 0.29) is 6.04 Å². The number of tetrazole rings is 1. The van der Waals surface area contributed by atoms with Gasteiger partial charge in [-0.3, -0.25) is 0 Å². The lowest BCUT2D eigenvalue weighted by Gasteiger charge is -2.23. The second kappa shape index (κ2) is 5.81. The first-order valence-corrected chi connectivity index (χ1v) is 7.72. The van der Waals surface area contributed by atoms with Crippen LogP contribution in [-0.2, 0) is 0 Å². The van der Waals surface area contributed by atoms with Crippen molar-refractivity contribution in [2.24, 2.45) is 0 Å². The molecule has 0 fully saturated rings. The van der Waals surface area contributed by atoms with Gasteiger partial charge in [-0.25, -0.2) is 0 Å². The fourth-order valence-corrected chi connectivity index (χ4v) is 2.81. The second-order valence-electron chi connectivity index (χ2n) is 5.74. The molecule has 0 unspecified atom stereocenters. The first-order chi connectivity index (χ1) is 11.7. The average molecular weight is 319 g/mol. The highest BCUT2D eigenvalue weighted by Crippen LogP contribution is 2.32. The summed E-state index contributed by atoms with van der Waals surface area (Å²) < 4.78 is 7.11. The lowest BCUT2D eigenvalue weighted by Crippen LogP contribution is -2.20. The topological polar surface area (TPSA) is 64.9 Å². The minimum atomic E-state index is -0.0574. The van der Waals surface area contributed by atoms with Crippen molar-refractivity contribution >= 4 is 11.6 Å². The van der Waals surface area contributed by atoms with E-state index in [1.54, 1.807) is 11.8 Å². The number of allylic oxidation sites excluding steroid dienone is 1. The zero-order chi connectivity index (χ0) is 16.5. The van der Waals surface area contributed by atoms with E-state index >= 15 is 0 Å². The summed E-state index contributed by atoms with van der Waals surface area (Å²) in [5.41, 5.74) is 4.35. The quantitative estimate of drug-likeness (QED) is 0.804. The number of methoxy groups -OCH3 is 1. The van der Waals surface area contributed by atoms with Crippen LogP contribution in [0.1, 0.15) is 22.7 Å². The summed E-state index contributed by atoms with van der Waals surface area (Å²) >= 11 is 0. The van der Waals surface area contributed by atoms with Crippen LogP contribution < -0.4 is 10.1 Å². The zero-order valence-electron chi connectivity index (χ0n) is 13.5. The van der Waals surface area contributed by atoms with Gasteiger partial charge in [0.15, 0.2) is 0 Å². The number of ether oxygens (including phenoxy) is 1. The molecular weight excluding hydrogens is 302 g/mol. The molecular formula is C18H17N5O. The van der Waals surface area contributed by atoms with Gasteiger partial charge in [0.25, 0.3) is 0 Å². The van der Waals surface area contributed by atoms with Gasteiger partial charge in [0.2, 0.25) is 5.95 Å². The van der Waals surface area contributed by atoms with Gasteiger partial charge in [-0.05, 0) is 41.1 Å². The molecule has 0 saturated carbocycles. The molecule has 1 aliphatic heterocycles. The number of anilines is 1. The summed E-state index contributed by atoms with van der Waals surface area (Å²) in [7, 11) is 1.66. The van der Waals surface area contributed by atoms with Gasteiger partial charge in [-0.1, -0.05) is 47.1 Å². The molecule has 0 amide bonds. The lowest BCUT2D eigenvalue weighted by molar-refractivity contribution is 0.414. The predicted molar refractivity (Wildman–Crippen MR) is 91.7 cm³/mol.